The monoisotopic (exact) mass is 241 g/mol. The van der Waals surface area contributed by atoms with Crippen LogP contribution in [0.1, 0.15) is 5.69 Å². The van der Waals surface area contributed by atoms with Gasteiger partial charge in [0.25, 0.3) is 0 Å². The molecule has 0 bridgehead atoms. The molecule has 0 aliphatic heterocycles. The molecule has 3 aromatic rings. The summed E-state index contributed by atoms with van der Waals surface area (Å²) in [6, 6.07) is 12.4. The van der Waals surface area contributed by atoms with Gasteiger partial charge in [-0.25, -0.2) is 9.37 Å². The van der Waals surface area contributed by atoms with Crippen LogP contribution in [0, 0.1) is 5.82 Å². The van der Waals surface area contributed by atoms with E-state index in [0.29, 0.717) is 17.9 Å². The van der Waals surface area contributed by atoms with Gasteiger partial charge in [-0.1, -0.05) is 18.2 Å². The Balaban J connectivity index is 2.34. The minimum atomic E-state index is -0.281. The molecule has 0 aliphatic carbocycles. The van der Waals surface area contributed by atoms with E-state index in [1.165, 1.54) is 6.07 Å². The predicted molar refractivity (Wildman–Crippen MR) is 68.5 cm³/mol. The number of halogens is 1. The van der Waals surface area contributed by atoms with Crippen LogP contribution in [-0.2, 0) is 6.54 Å². The average Bonchev–Trinajstić information content (AvgIpc) is 2.83. The van der Waals surface area contributed by atoms with Crippen LogP contribution < -0.4 is 5.73 Å². The van der Waals surface area contributed by atoms with Gasteiger partial charge in [0, 0.05) is 12.2 Å². The van der Waals surface area contributed by atoms with E-state index < -0.39 is 0 Å². The van der Waals surface area contributed by atoms with Crippen molar-refractivity contribution in [3.63, 3.8) is 0 Å². The fourth-order valence-corrected chi connectivity index (χ4v) is 2.11. The number of hydrogen-bond acceptors (Lipinski definition) is 2. The Bertz CT molecular complexity index is 703. The van der Waals surface area contributed by atoms with Crippen molar-refractivity contribution in [3.05, 3.63) is 60.2 Å². The minimum absolute atomic E-state index is 0.281. The van der Waals surface area contributed by atoms with E-state index in [9.17, 15) is 4.39 Å². The number of pyridine rings is 1. The molecule has 2 heterocycles. The molecule has 1 aromatic carbocycles. The third-order valence-electron chi connectivity index (χ3n) is 2.96. The summed E-state index contributed by atoms with van der Waals surface area (Å²) in [6.45, 7) is 0.384. The molecule has 3 rings (SSSR count). The summed E-state index contributed by atoms with van der Waals surface area (Å²) in [5, 5.41) is 0. The zero-order valence-corrected chi connectivity index (χ0v) is 9.68. The highest BCUT2D eigenvalue weighted by atomic mass is 19.1. The third-order valence-corrected chi connectivity index (χ3v) is 2.96. The van der Waals surface area contributed by atoms with Crippen LogP contribution in [0.5, 0.6) is 0 Å². The maximum atomic E-state index is 13.8. The molecule has 0 amide bonds. The summed E-state index contributed by atoms with van der Waals surface area (Å²) >= 11 is 0. The van der Waals surface area contributed by atoms with E-state index in [1.807, 2.05) is 22.6 Å². The topological polar surface area (TPSA) is 43.3 Å². The van der Waals surface area contributed by atoms with Crippen LogP contribution in [0.2, 0.25) is 0 Å². The van der Waals surface area contributed by atoms with Gasteiger partial charge in [-0.15, -0.1) is 0 Å². The Hall–Kier alpha value is -2.20. The normalized spacial score (nSPS) is 11.0. The number of rotatable bonds is 2. The zero-order valence-electron chi connectivity index (χ0n) is 9.68. The lowest BCUT2D eigenvalue weighted by Crippen LogP contribution is -2.05. The van der Waals surface area contributed by atoms with E-state index in [0.717, 1.165) is 11.2 Å². The van der Waals surface area contributed by atoms with Crippen LogP contribution in [0.3, 0.4) is 0 Å². The third kappa shape index (κ3) is 1.58. The van der Waals surface area contributed by atoms with Crippen molar-refractivity contribution >= 4 is 5.52 Å². The van der Waals surface area contributed by atoms with Crippen molar-refractivity contribution in [2.24, 2.45) is 5.73 Å². The van der Waals surface area contributed by atoms with Crippen LogP contribution in [0.25, 0.3) is 16.9 Å². The molecule has 0 aliphatic rings. The smallest absolute Gasteiger partial charge is 0.147 e. The first kappa shape index (κ1) is 10.9. The fourth-order valence-electron chi connectivity index (χ4n) is 2.11. The van der Waals surface area contributed by atoms with Crippen molar-refractivity contribution in [1.29, 1.82) is 0 Å². The Morgan fingerprint density at radius 1 is 1.11 bits per heavy atom. The predicted octanol–water partition coefficient (Wildman–Crippen LogP) is 2.60. The molecule has 4 heteroatoms. The lowest BCUT2D eigenvalue weighted by molar-refractivity contribution is 0.629. The number of imidazole rings is 1. The number of benzene rings is 1. The van der Waals surface area contributed by atoms with Crippen molar-refractivity contribution in [2.45, 2.75) is 6.54 Å². The van der Waals surface area contributed by atoms with Gasteiger partial charge in [0.05, 0.1) is 17.3 Å². The summed E-state index contributed by atoms with van der Waals surface area (Å²) in [6.07, 6.45) is 1.72. The van der Waals surface area contributed by atoms with E-state index in [1.54, 1.807) is 24.4 Å². The SMILES string of the molecule is NCc1cccc2cnc(-c3ccccc3F)n12. The Morgan fingerprint density at radius 2 is 1.94 bits per heavy atom. The molecule has 0 saturated carbocycles. The van der Waals surface area contributed by atoms with Gasteiger partial charge in [-0.2, -0.15) is 0 Å². The summed E-state index contributed by atoms with van der Waals surface area (Å²) in [5.41, 5.74) is 8.02. The fraction of sp³-hybridized carbons (Fsp3) is 0.0714. The van der Waals surface area contributed by atoms with Crippen molar-refractivity contribution in [3.8, 4) is 11.4 Å². The lowest BCUT2D eigenvalue weighted by Gasteiger charge is -2.07. The average molecular weight is 241 g/mol. The van der Waals surface area contributed by atoms with Gasteiger partial charge < -0.3 is 5.73 Å². The van der Waals surface area contributed by atoms with Gasteiger partial charge in [0.2, 0.25) is 0 Å². The second-order valence-electron chi connectivity index (χ2n) is 4.04. The maximum Gasteiger partial charge on any atom is 0.147 e. The highest BCUT2D eigenvalue weighted by Crippen LogP contribution is 2.23. The van der Waals surface area contributed by atoms with Gasteiger partial charge >= 0.3 is 0 Å². The number of nitrogens with zero attached hydrogens (tertiary/aromatic N) is 2. The first-order chi connectivity index (χ1) is 8.81. The molecule has 0 radical (unpaired) electrons. The molecular weight excluding hydrogens is 229 g/mol. The molecule has 90 valence electrons. The van der Waals surface area contributed by atoms with E-state index in [2.05, 4.69) is 4.98 Å². The Labute approximate surface area is 104 Å². The second kappa shape index (κ2) is 4.23. The van der Waals surface area contributed by atoms with Crippen molar-refractivity contribution in [1.82, 2.24) is 9.38 Å². The molecule has 2 N–H and O–H groups in total. The molecule has 0 fully saturated rings. The number of nitrogens with two attached hydrogens (primary N) is 1. The van der Waals surface area contributed by atoms with E-state index >= 15 is 0 Å². The molecule has 0 spiro atoms. The van der Waals surface area contributed by atoms with E-state index in [-0.39, 0.29) is 5.82 Å². The quantitative estimate of drug-likeness (QED) is 0.749. The highest BCUT2D eigenvalue weighted by molar-refractivity contribution is 5.63. The largest absolute Gasteiger partial charge is 0.325 e. The van der Waals surface area contributed by atoms with Crippen molar-refractivity contribution < 1.29 is 4.39 Å². The molecule has 0 atom stereocenters. The highest BCUT2D eigenvalue weighted by Gasteiger charge is 2.12. The number of aromatic nitrogens is 2. The molecule has 2 aromatic heterocycles. The van der Waals surface area contributed by atoms with Crippen LogP contribution in [-0.4, -0.2) is 9.38 Å². The number of fused-ring (bicyclic) bond motifs is 1. The summed E-state index contributed by atoms with van der Waals surface area (Å²) in [5.74, 6) is 0.306. The molecule has 0 unspecified atom stereocenters. The Morgan fingerprint density at radius 3 is 2.72 bits per heavy atom. The zero-order chi connectivity index (χ0) is 12.5. The lowest BCUT2D eigenvalue weighted by atomic mass is 10.2. The number of hydrogen-bond donors (Lipinski definition) is 1. The molecule has 18 heavy (non-hydrogen) atoms. The van der Waals surface area contributed by atoms with Crippen LogP contribution in [0.4, 0.5) is 4.39 Å². The van der Waals surface area contributed by atoms with Gasteiger partial charge in [-0.05, 0) is 24.3 Å². The summed E-state index contributed by atoms with van der Waals surface area (Å²) in [7, 11) is 0. The second-order valence-corrected chi connectivity index (χ2v) is 4.04. The van der Waals surface area contributed by atoms with Crippen LogP contribution in [0.15, 0.2) is 48.7 Å². The van der Waals surface area contributed by atoms with Crippen LogP contribution >= 0.6 is 0 Å². The summed E-state index contributed by atoms with van der Waals surface area (Å²) in [4.78, 5) is 4.30. The van der Waals surface area contributed by atoms with Crippen molar-refractivity contribution in [2.75, 3.05) is 0 Å². The molecule has 3 nitrogen and oxygen atoms in total. The van der Waals surface area contributed by atoms with Gasteiger partial charge in [0.15, 0.2) is 0 Å². The Kier molecular flexibility index (Phi) is 2.57. The minimum Gasteiger partial charge on any atom is -0.325 e. The van der Waals surface area contributed by atoms with Gasteiger partial charge in [-0.3, -0.25) is 4.40 Å². The maximum absolute atomic E-state index is 13.8. The first-order valence-corrected chi connectivity index (χ1v) is 5.71. The standard InChI is InChI=1S/C14H12FN3/c15-13-7-2-1-6-12(13)14-17-9-11-5-3-4-10(8-16)18(11)14/h1-7,9H,8,16H2. The molecular formula is C14H12FN3. The van der Waals surface area contributed by atoms with E-state index in [4.69, 9.17) is 5.73 Å². The summed E-state index contributed by atoms with van der Waals surface area (Å²) < 4.78 is 15.7. The van der Waals surface area contributed by atoms with Gasteiger partial charge in [0.1, 0.15) is 11.6 Å². The molecule has 0 saturated heterocycles. The first-order valence-electron chi connectivity index (χ1n) is 5.71.